The summed E-state index contributed by atoms with van der Waals surface area (Å²) in [6.07, 6.45) is 0. The quantitative estimate of drug-likeness (QED) is 0.745. The molecule has 0 fully saturated rings. The monoisotopic (exact) mass is 346 g/mol. The van der Waals surface area contributed by atoms with Gasteiger partial charge in [0.05, 0.1) is 17.9 Å². The van der Waals surface area contributed by atoms with Crippen molar-refractivity contribution in [2.24, 2.45) is 11.7 Å². The van der Waals surface area contributed by atoms with Crippen LogP contribution in [-0.2, 0) is 4.79 Å². The average Bonchev–Trinajstić information content (AvgIpc) is 2.47. The molecule has 0 saturated heterocycles. The van der Waals surface area contributed by atoms with E-state index in [1.54, 1.807) is 7.11 Å². The van der Waals surface area contributed by atoms with E-state index in [1.165, 1.54) is 11.8 Å². The second kappa shape index (κ2) is 9.28. The van der Waals surface area contributed by atoms with Gasteiger partial charge in [0.2, 0.25) is 5.91 Å². The smallest absolute Gasteiger partial charge is 0.233 e. The Morgan fingerprint density at radius 3 is 2.27 bits per heavy atom. The number of carbonyl (C=O) groups excluding carboxylic acids is 1. The van der Waals surface area contributed by atoms with Crippen LogP contribution in [0.2, 0.25) is 0 Å². The van der Waals surface area contributed by atoms with Gasteiger partial charge >= 0.3 is 0 Å². The number of carbonyl (C=O) groups is 1. The molecule has 4 nitrogen and oxygen atoms in total. The van der Waals surface area contributed by atoms with Crippen molar-refractivity contribution in [3.05, 3.63) is 24.3 Å². The standard InChI is InChI=1S/C16H26N2O2S.ClH/c1-11(2)16(4,10-17)18-15(19)12(3)21-14-8-6-13(20-5)7-9-14;/h6-9,11-12H,10,17H2,1-5H3,(H,18,19);1H. The molecule has 2 unspecified atom stereocenters. The Labute approximate surface area is 144 Å². The van der Waals surface area contributed by atoms with Gasteiger partial charge in [-0.25, -0.2) is 0 Å². The van der Waals surface area contributed by atoms with E-state index in [0.29, 0.717) is 6.54 Å². The Morgan fingerprint density at radius 1 is 1.32 bits per heavy atom. The minimum atomic E-state index is -0.369. The molecular formula is C16H27ClN2O2S. The number of thioether (sulfide) groups is 1. The first-order valence-electron chi connectivity index (χ1n) is 7.15. The highest BCUT2D eigenvalue weighted by Gasteiger charge is 2.30. The summed E-state index contributed by atoms with van der Waals surface area (Å²) in [6.45, 7) is 8.45. The molecule has 22 heavy (non-hydrogen) atoms. The van der Waals surface area contributed by atoms with Crippen LogP contribution in [0.25, 0.3) is 0 Å². The summed E-state index contributed by atoms with van der Waals surface area (Å²) in [5.74, 6) is 1.11. The number of benzene rings is 1. The number of hydrogen-bond acceptors (Lipinski definition) is 4. The van der Waals surface area contributed by atoms with Gasteiger partial charge < -0.3 is 15.8 Å². The summed E-state index contributed by atoms with van der Waals surface area (Å²) >= 11 is 1.53. The van der Waals surface area contributed by atoms with Crippen molar-refractivity contribution >= 4 is 30.1 Å². The Morgan fingerprint density at radius 2 is 1.86 bits per heavy atom. The summed E-state index contributed by atoms with van der Waals surface area (Å²) in [7, 11) is 1.64. The Kier molecular flexibility index (Phi) is 8.89. The summed E-state index contributed by atoms with van der Waals surface area (Å²) in [4.78, 5) is 13.4. The third-order valence-corrected chi connectivity index (χ3v) is 4.96. The fourth-order valence-corrected chi connectivity index (χ4v) is 2.59. The van der Waals surface area contributed by atoms with Crippen molar-refractivity contribution in [2.45, 2.75) is 43.4 Å². The maximum atomic E-state index is 12.3. The lowest BCUT2D eigenvalue weighted by atomic mass is 9.88. The van der Waals surface area contributed by atoms with Gasteiger partial charge in [-0.3, -0.25) is 4.79 Å². The second-order valence-corrected chi connectivity index (χ2v) is 7.12. The number of halogens is 1. The molecule has 0 aliphatic heterocycles. The molecule has 3 N–H and O–H groups in total. The van der Waals surface area contributed by atoms with E-state index >= 15 is 0 Å². The lowest BCUT2D eigenvalue weighted by molar-refractivity contribution is -0.122. The number of methoxy groups -OCH3 is 1. The van der Waals surface area contributed by atoms with Crippen LogP contribution in [0.1, 0.15) is 27.7 Å². The molecule has 126 valence electrons. The summed E-state index contributed by atoms with van der Waals surface area (Å²) in [5.41, 5.74) is 5.44. The second-order valence-electron chi connectivity index (χ2n) is 5.70. The zero-order chi connectivity index (χ0) is 16.0. The molecule has 0 radical (unpaired) electrons. The molecule has 0 aromatic heterocycles. The third-order valence-electron chi connectivity index (χ3n) is 3.85. The SMILES string of the molecule is COc1ccc(SC(C)C(=O)NC(C)(CN)C(C)C)cc1.Cl. The predicted octanol–water partition coefficient (Wildman–Crippen LogP) is 3.09. The normalized spacial score (nSPS) is 14.7. The van der Waals surface area contributed by atoms with Gasteiger partial charge in [-0.05, 0) is 44.0 Å². The maximum Gasteiger partial charge on any atom is 0.233 e. The van der Waals surface area contributed by atoms with E-state index in [2.05, 4.69) is 19.2 Å². The van der Waals surface area contributed by atoms with Crippen molar-refractivity contribution < 1.29 is 9.53 Å². The predicted molar refractivity (Wildman–Crippen MR) is 96.0 cm³/mol. The highest BCUT2D eigenvalue weighted by Crippen LogP contribution is 2.26. The van der Waals surface area contributed by atoms with E-state index < -0.39 is 0 Å². The lowest BCUT2D eigenvalue weighted by Crippen LogP contribution is -2.56. The van der Waals surface area contributed by atoms with E-state index in [9.17, 15) is 4.79 Å². The van der Waals surface area contributed by atoms with E-state index in [0.717, 1.165) is 10.6 Å². The van der Waals surface area contributed by atoms with Crippen molar-refractivity contribution in [1.29, 1.82) is 0 Å². The fourth-order valence-electron chi connectivity index (χ4n) is 1.73. The van der Waals surface area contributed by atoms with Crippen LogP contribution in [0.4, 0.5) is 0 Å². The lowest BCUT2D eigenvalue weighted by Gasteiger charge is -2.34. The summed E-state index contributed by atoms with van der Waals surface area (Å²) in [5, 5.41) is 2.90. The Hall–Kier alpha value is -0.910. The van der Waals surface area contributed by atoms with Crippen LogP contribution in [0, 0.1) is 5.92 Å². The minimum absolute atomic E-state index is 0. The van der Waals surface area contributed by atoms with Crippen molar-refractivity contribution in [1.82, 2.24) is 5.32 Å². The topological polar surface area (TPSA) is 64.3 Å². The van der Waals surface area contributed by atoms with Gasteiger partial charge in [0.25, 0.3) is 0 Å². The van der Waals surface area contributed by atoms with Crippen molar-refractivity contribution in [2.75, 3.05) is 13.7 Å². The zero-order valence-electron chi connectivity index (χ0n) is 13.9. The summed E-state index contributed by atoms with van der Waals surface area (Å²) in [6, 6.07) is 7.70. The van der Waals surface area contributed by atoms with E-state index in [1.807, 2.05) is 38.1 Å². The highest BCUT2D eigenvalue weighted by atomic mass is 35.5. The van der Waals surface area contributed by atoms with Crippen LogP contribution in [0.3, 0.4) is 0 Å². The number of ether oxygens (including phenoxy) is 1. The molecule has 6 heteroatoms. The fraction of sp³-hybridized carbons (Fsp3) is 0.562. The van der Waals surface area contributed by atoms with E-state index in [-0.39, 0.29) is 35.0 Å². The summed E-state index contributed by atoms with van der Waals surface area (Å²) < 4.78 is 5.13. The van der Waals surface area contributed by atoms with Crippen molar-refractivity contribution in [3.63, 3.8) is 0 Å². The van der Waals surface area contributed by atoms with Gasteiger partial charge in [-0.15, -0.1) is 24.2 Å². The molecule has 0 aliphatic carbocycles. The van der Waals surface area contributed by atoms with Gasteiger partial charge in [-0.2, -0.15) is 0 Å². The molecule has 0 heterocycles. The van der Waals surface area contributed by atoms with Crippen LogP contribution in [-0.4, -0.2) is 30.4 Å². The highest BCUT2D eigenvalue weighted by molar-refractivity contribution is 8.00. The molecule has 0 spiro atoms. The molecular weight excluding hydrogens is 320 g/mol. The van der Waals surface area contributed by atoms with Crippen LogP contribution < -0.4 is 15.8 Å². The van der Waals surface area contributed by atoms with Crippen LogP contribution in [0.5, 0.6) is 5.75 Å². The number of nitrogens with one attached hydrogen (secondary N) is 1. The minimum Gasteiger partial charge on any atom is -0.497 e. The largest absolute Gasteiger partial charge is 0.497 e. The van der Waals surface area contributed by atoms with Crippen LogP contribution in [0.15, 0.2) is 29.2 Å². The van der Waals surface area contributed by atoms with Gasteiger partial charge in [0.15, 0.2) is 0 Å². The molecule has 0 aliphatic rings. The van der Waals surface area contributed by atoms with E-state index in [4.69, 9.17) is 10.5 Å². The number of amides is 1. The molecule has 0 saturated carbocycles. The van der Waals surface area contributed by atoms with Gasteiger partial charge in [0, 0.05) is 11.4 Å². The Balaban J connectivity index is 0.00000441. The van der Waals surface area contributed by atoms with Crippen molar-refractivity contribution in [3.8, 4) is 5.75 Å². The molecule has 2 atom stereocenters. The first-order valence-corrected chi connectivity index (χ1v) is 8.03. The molecule has 1 rings (SSSR count). The number of hydrogen-bond donors (Lipinski definition) is 2. The van der Waals surface area contributed by atoms with Gasteiger partial charge in [0.1, 0.15) is 5.75 Å². The zero-order valence-corrected chi connectivity index (χ0v) is 15.5. The van der Waals surface area contributed by atoms with Crippen LogP contribution >= 0.6 is 24.2 Å². The molecule has 1 aromatic rings. The third kappa shape index (κ3) is 5.71. The number of nitrogens with two attached hydrogens (primary N) is 1. The average molecular weight is 347 g/mol. The molecule has 1 aromatic carbocycles. The Bertz CT molecular complexity index is 468. The first kappa shape index (κ1) is 21.1. The molecule has 0 bridgehead atoms. The molecule has 1 amide bonds. The first-order chi connectivity index (χ1) is 9.82. The van der Waals surface area contributed by atoms with Gasteiger partial charge in [-0.1, -0.05) is 13.8 Å². The number of rotatable bonds is 7. The maximum absolute atomic E-state index is 12.3.